The molecule has 0 radical (unpaired) electrons. The molecule has 0 saturated heterocycles. The van der Waals surface area contributed by atoms with E-state index in [1.165, 1.54) is 0 Å². The Morgan fingerprint density at radius 3 is 2.36 bits per heavy atom. The average Bonchev–Trinajstić information content (AvgIpc) is 2.02. The van der Waals surface area contributed by atoms with Crippen LogP contribution in [0.2, 0.25) is 0 Å². The Hall–Kier alpha value is -0.250. The van der Waals surface area contributed by atoms with Gasteiger partial charge in [0.05, 0.1) is 0 Å². The fourth-order valence-corrected chi connectivity index (χ4v) is 2.12. The predicted molar refractivity (Wildman–Crippen MR) is 47.8 cm³/mol. The number of halogens is 3. The molecule has 2 atom stereocenters. The van der Waals surface area contributed by atoms with Crippen LogP contribution < -0.4 is 0 Å². The summed E-state index contributed by atoms with van der Waals surface area (Å²) in [6.07, 6.45) is -3.47. The van der Waals surface area contributed by atoms with E-state index in [9.17, 15) is 18.3 Å². The first-order chi connectivity index (χ1) is 6.26. The van der Waals surface area contributed by atoms with Crippen molar-refractivity contribution in [3.63, 3.8) is 0 Å². The maximum Gasteiger partial charge on any atom is 0.417 e. The van der Waals surface area contributed by atoms with Crippen LogP contribution in [0, 0.1) is 11.8 Å². The molecule has 0 spiro atoms. The van der Waals surface area contributed by atoms with Crippen LogP contribution in [-0.2, 0) is 0 Å². The quantitative estimate of drug-likeness (QED) is 0.705. The first-order valence-corrected chi connectivity index (χ1v) is 5.05. The molecule has 1 rings (SSSR count). The summed E-state index contributed by atoms with van der Waals surface area (Å²) in [4.78, 5) is 0. The molecule has 0 heterocycles. The minimum atomic E-state index is -4.47. The monoisotopic (exact) mass is 210 g/mol. The molecule has 84 valence electrons. The molecule has 1 aliphatic rings. The van der Waals surface area contributed by atoms with Crippen LogP contribution in [0.25, 0.3) is 0 Å². The minimum Gasteiger partial charge on any atom is -0.380 e. The summed E-state index contributed by atoms with van der Waals surface area (Å²) >= 11 is 0. The van der Waals surface area contributed by atoms with Gasteiger partial charge in [-0.2, -0.15) is 13.2 Å². The lowest BCUT2D eigenvalue weighted by Crippen LogP contribution is -2.49. The largest absolute Gasteiger partial charge is 0.417 e. The first kappa shape index (κ1) is 11.8. The van der Waals surface area contributed by atoms with Gasteiger partial charge in [-0.1, -0.05) is 13.8 Å². The van der Waals surface area contributed by atoms with Crippen molar-refractivity contribution >= 4 is 0 Å². The molecule has 0 bridgehead atoms. The van der Waals surface area contributed by atoms with Crippen molar-refractivity contribution in [2.24, 2.45) is 11.8 Å². The molecule has 0 aromatic heterocycles. The van der Waals surface area contributed by atoms with Crippen LogP contribution in [-0.4, -0.2) is 16.9 Å². The van der Waals surface area contributed by atoms with Gasteiger partial charge in [0.2, 0.25) is 0 Å². The van der Waals surface area contributed by atoms with Crippen molar-refractivity contribution in [1.82, 2.24) is 0 Å². The fourth-order valence-electron chi connectivity index (χ4n) is 2.12. The van der Waals surface area contributed by atoms with E-state index in [0.29, 0.717) is 6.42 Å². The summed E-state index contributed by atoms with van der Waals surface area (Å²) in [6, 6.07) is 0. The maximum atomic E-state index is 12.5. The predicted octanol–water partition coefficient (Wildman–Crippen LogP) is 3.13. The average molecular weight is 210 g/mol. The highest BCUT2D eigenvalue weighted by molar-refractivity contribution is 4.92. The van der Waals surface area contributed by atoms with Crippen LogP contribution in [0.4, 0.5) is 13.2 Å². The number of aliphatic hydroxyl groups is 1. The van der Waals surface area contributed by atoms with Gasteiger partial charge in [0.15, 0.2) is 5.60 Å². The van der Waals surface area contributed by atoms with Gasteiger partial charge in [-0.05, 0) is 37.5 Å². The van der Waals surface area contributed by atoms with Crippen LogP contribution in [0.5, 0.6) is 0 Å². The van der Waals surface area contributed by atoms with Gasteiger partial charge in [-0.3, -0.25) is 0 Å². The summed E-state index contributed by atoms with van der Waals surface area (Å²) in [7, 11) is 0. The third-order valence-corrected chi connectivity index (χ3v) is 3.24. The molecule has 1 aliphatic carbocycles. The number of hydrogen-bond acceptors (Lipinski definition) is 1. The van der Waals surface area contributed by atoms with Crippen LogP contribution in [0.15, 0.2) is 0 Å². The van der Waals surface area contributed by atoms with Crippen LogP contribution in [0.3, 0.4) is 0 Å². The molecule has 2 unspecified atom stereocenters. The van der Waals surface area contributed by atoms with Crippen LogP contribution in [0.1, 0.15) is 39.5 Å². The summed E-state index contributed by atoms with van der Waals surface area (Å²) in [5.41, 5.74) is -2.43. The van der Waals surface area contributed by atoms with E-state index in [2.05, 4.69) is 0 Å². The Balaban J connectivity index is 2.72. The Labute approximate surface area is 82.3 Å². The Kier molecular flexibility index (Phi) is 3.14. The minimum absolute atomic E-state index is 0.00428. The third-order valence-electron chi connectivity index (χ3n) is 3.24. The smallest absolute Gasteiger partial charge is 0.380 e. The van der Waals surface area contributed by atoms with Gasteiger partial charge < -0.3 is 5.11 Å². The topological polar surface area (TPSA) is 20.2 Å². The molecule has 4 heteroatoms. The van der Waals surface area contributed by atoms with Crippen LogP contribution >= 0.6 is 0 Å². The third kappa shape index (κ3) is 2.22. The molecule has 0 amide bonds. The Bertz CT molecular complexity index is 200. The molecule has 0 aromatic carbocycles. The summed E-state index contributed by atoms with van der Waals surface area (Å²) in [6.45, 7) is 3.82. The zero-order chi connectivity index (χ0) is 11.0. The van der Waals surface area contributed by atoms with E-state index in [-0.39, 0.29) is 24.7 Å². The van der Waals surface area contributed by atoms with Crippen molar-refractivity contribution in [1.29, 1.82) is 0 Å². The number of hydrogen-bond donors (Lipinski definition) is 1. The van der Waals surface area contributed by atoms with E-state index >= 15 is 0 Å². The van der Waals surface area contributed by atoms with Crippen molar-refractivity contribution in [3.8, 4) is 0 Å². The second kappa shape index (κ2) is 3.72. The summed E-state index contributed by atoms with van der Waals surface area (Å²) < 4.78 is 37.5. The lowest BCUT2D eigenvalue weighted by molar-refractivity contribution is -0.275. The normalized spacial score (nSPS) is 34.9. The molecular weight excluding hydrogens is 193 g/mol. The molecule has 14 heavy (non-hydrogen) atoms. The van der Waals surface area contributed by atoms with E-state index in [0.717, 1.165) is 6.42 Å². The van der Waals surface area contributed by atoms with Gasteiger partial charge in [0, 0.05) is 0 Å². The number of alkyl halides is 3. The SMILES string of the molecule is CC(C)C1CCCC(O)(C(F)(F)F)C1. The first-order valence-electron chi connectivity index (χ1n) is 5.05. The highest BCUT2D eigenvalue weighted by atomic mass is 19.4. The molecule has 1 saturated carbocycles. The second-order valence-electron chi connectivity index (χ2n) is 4.63. The van der Waals surface area contributed by atoms with Gasteiger partial charge in [-0.25, -0.2) is 0 Å². The molecule has 0 aromatic rings. The van der Waals surface area contributed by atoms with Crippen molar-refractivity contribution < 1.29 is 18.3 Å². The highest BCUT2D eigenvalue weighted by Crippen LogP contribution is 2.45. The van der Waals surface area contributed by atoms with E-state index < -0.39 is 11.8 Å². The summed E-state index contributed by atoms with van der Waals surface area (Å²) in [5, 5.41) is 9.50. The molecule has 1 N–H and O–H groups in total. The highest BCUT2D eigenvalue weighted by Gasteiger charge is 2.55. The summed E-state index contributed by atoms with van der Waals surface area (Å²) in [5.74, 6) is 0.208. The lowest BCUT2D eigenvalue weighted by atomic mass is 9.73. The van der Waals surface area contributed by atoms with E-state index in [1.54, 1.807) is 0 Å². The zero-order valence-corrected chi connectivity index (χ0v) is 8.56. The standard InChI is InChI=1S/C10H17F3O/c1-7(2)8-4-3-5-9(14,6-8)10(11,12)13/h7-8,14H,3-6H2,1-2H3. The van der Waals surface area contributed by atoms with Gasteiger partial charge >= 0.3 is 6.18 Å². The number of rotatable bonds is 1. The van der Waals surface area contributed by atoms with Gasteiger partial charge in [0.1, 0.15) is 0 Å². The fraction of sp³-hybridized carbons (Fsp3) is 1.00. The lowest BCUT2D eigenvalue weighted by Gasteiger charge is -2.39. The van der Waals surface area contributed by atoms with Crippen molar-refractivity contribution in [2.75, 3.05) is 0 Å². The van der Waals surface area contributed by atoms with Crippen molar-refractivity contribution in [3.05, 3.63) is 0 Å². The van der Waals surface area contributed by atoms with E-state index in [1.807, 2.05) is 13.8 Å². The molecule has 0 aliphatic heterocycles. The second-order valence-corrected chi connectivity index (χ2v) is 4.63. The Morgan fingerprint density at radius 1 is 1.36 bits per heavy atom. The molecule has 1 fully saturated rings. The Morgan fingerprint density at radius 2 is 1.93 bits per heavy atom. The maximum absolute atomic E-state index is 12.5. The van der Waals surface area contributed by atoms with Gasteiger partial charge in [-0.15, -0.1) is 0 Å². The van der Waals surface area contributed by atoms with Crippen molar-refractivity contribution in [2.45, 2.75) is 51.3 Å². The van der Waals surface area contributed by atoms with Gasteiger partial charge in [0.25, 0.3) is 0 Å². The zero-order valence-electron chi connectivity index (χ0n) is 8.56. The molecular formula is C10H17F3O. The molecule has 1 nitrogen and oxygen atoms in total. The van der Waals surface area contributed by atoms with E-state index in [4.69, 9.17) is 0 Å².